The first-order chi connectivity index (χ1) is 8.26. The van der Waals surface area contributed by atoms with Crippen LogP contribution in [0.15, 0.2) is 0 Å². The molecule has 108 valence electrons. The van der Waals surface area contributed by atoms with Gasteiger partial charge in [-0.25, -0.2) is 0 Å². The summed E-state index contributed by atoms with van der Waals surface area (Å²) in [5.41, 5.74) is 6.61. The molecule has 2 N–H and O–H groups in total. The summed E-state index contributed by atoms with van der Waals surface area (Å²) >= 11 is 0. The zero-order valence-corrected chi connectivity index (χ0v) is 13.1. The second-order valence-electron chi connectivity index (χ2n) is 6.75. The van der Waals surface area contributed by atoms with Crippen LogP contribution in [0.5, 0.6) is 0 Å². The summed E-state index contributed by atoms with van der Waals surface area (Å²) in [7, 11) is 0. The summed E-state index contributed by atoms with van der Waals surface area (Å²) in [5, 5.41) is 0. The Morgan fingerprint density at radius 1 is 1.33 bits per heavy atom. The first kappa shape index (κ1) is 15.9. The van der Waals surface area contributed by atoms with Gasteiger partial charge in [-0.05, 0) is 25.8 Å². The minimum absolute atomic E-state index is 0.0768. The van der Waals surface area contributed by atoms with Crippen LogP contribution in [0, 0.1) is 11.3 Å². The van der Waals surface area contributed by atoms with E-state index >= 15 is 0 Å². The van der Waals surface area contributed by atoms with E-state index in [0.29, 0.717) is 12.0 Å². The van der Waals surface area contributed by atoms with Crippen LogP contribution in [-0.4, -0.2) is 42.8 Å². The smallest absolute Gasteiger partial charge is 0.0662 e. The number of rotatable bonds is 7. The van der Waals surface area contributed by atoms with Crippen molar-refractivity contribution in [2.24, 2.45) is 17.1 Å². The fraction of sp³-hybridized carbons (Fsp3) is 1.00. The molecule has 1 saturated carbocycles. The molecule has 0 aromatic heterocycles. The van der Waals surface area contributed by atoms with Crippen molar-refractivity contribution in [2.75, 3.05) is 26.2 Å². The Kier molecular flexibility index (Phi) is 5.22. The van der Waals surface area contributed by atoms with Gasteiger partial charge in [0.05, 0.1) is 6.10 Å². The van der Waals surface area contributed by atoms with Gasteiger partial charge in [-0.2, -0.15) is 0 Å². The van der Waals surface area contributed by atoms with E-state index in [1.165, 1.54) is 0 Å². The predicted octanol–water partition coefficient (Wildman–Crippen LogP) is 2.50. The highest BCUT2D eigenvalue weighted by molar-refractivity contribution is 5.14. The van der Waals surface area contributed by atoms with Gasteiger partial charge in [-0.3, -0.25) is 0 Å². The molecule has 18 heavy (non-hydrogen) atoms. The Bertz CT molecular complexity index is 265. The van der Waals surface area contributed by atoms with Crippen molar-refractivity contribution in [3.63, 3.8) is 0 Å². The van der Waals surface area contributed by atoms with Crippen LogP contribution >= 0.6 is 0 Å². The van der Waals surface area contributed by atoms with Gasteiger partial charge in [0.2, 0.25) is 0 Å². The van der Waals surface area contributed by atoms with Crippen molar-refractivity contribution in [1.29, 1.82) is 0 Å². The summed E-state index contributed by atoms with van der Waals surface area (Å²) in [6.45, 7) is 17.3. The van der Waals surface area contributed by atoms with Crippen LogP contribution in [-0.2, 0) is 4.74 Å². The lowest BCUT2D eigenvalue weighted by molar-refractivity contribution is -0.156. The summed E-state index contributed by atoms with van der Waals surface area (Å²) in [6, 6.07) is 0. The standard InChI is InChI=1S/C15H32N2O/c1-7-17(10-12(3)4)11-15(16)9-13(18-8-2)14(15,5)6/h12-13H,7-11,16H2,1-6H3. The Labute approximate surface area is 113 Å². The third-order valence-electron chi connectivity index (χ3n) is 4.58. The number of likely N-dealkylation sites (N-methyl/N-ethyl adjacent to an activating group) is 1. The number of ether oxygens (including phenoxy) is 1. The van der Waals surface area contributed by atoms with Crippen molar-refractivity contribution in [3.8, 4) is 0 Å². The van der Waals surface area contributed by atoms with Crippen LogP contribution in [0.4, 0.5) is 0 Å². The summed E-state index contributed by atoms with van der Waals surface area (Å²) < 4.78 is 5.79. The van der Waals surface area contributed by atoms with Gasteiger partial charge in [0, 0.05) is 30.7 Å². The molecule has 0 saturated heterocycles. The number of hydrogen-bond acceptors (Lipinski definition) is 3. The van der Waals surface area contributed by atoms with Gasteiger partial charge in [0.1, 0.15) is 0 Å². The third kappa shape index (κ3) is 3.06. The highest BCUT2D eigenvalue weighted by Crippen LogP contribution is 2.50. The molecule has 1 aliphatic rings. The zero-order chi connectivity index (χ0) is 14.0. The van der Waals surface area contributed by atoms with Crippen LogP contribution in [0.25, 0.3) is 0 Å². The minimum atomic E-state index is -0.0995. The molecule has 3 nitrogen and oxygen atoms in total. The quantitative estimate of drug-likeness (QED) is 0.760. The second-order valence-corrected chi connectivity index (χ2v) is 6.75. The summed E-state index contributed by atoms with van der Waals surface area (Å²) in [4.78, 5) is 2.48. The minimum Gasteiger partial charge on any atom is -0.378 e. The summed E-state index contributed by atoms with van der Waals surface area (Å²) in [6.07, 6.45) is 1.31. The third-order valence-corrected chi connectivity index (χ3v) is 4.58. The van der Waals surface area contributed by atoms with E-state index < -0.39 is 0 Å². The molecule has 2 atom stereocenters. The summed E-state index contributed by atoms with van der Waals surface area (Å²) in [5.74, 6) is 0.694. The van der Waals surface area contributed by atoms with Crippen molar-refractivity contribution >= 4 is 0 Å². The molecule has 0 aliphatic heterocycles. The van der Waals surface area contributed by atoms with Crippen LogP contribution < -0.4 is 5.73 Å². The lowest BCUT2D eigenvalue weighted by Crippen LogP contribution is -2.73. The Morgan fingerprint density at radius 3 is 2.33 bits per heavy atom. The Balaban J connectivity index is 2.60. The maximum absolute atomic E-state index is 6.63. The molecule has 0 radical (unpaired) electrons. The van der Waals surface area contributed by atoms with E-state index in [-0.39, 0.29) is 11.0 Å². The maximum Gasteiger partial charge on any atom is 0.0662 e. The van der Waals surface area contributed by atoms with Gasteiger partial charge < -0.3 is 15.4 Å². The van der Waals surface area contributed by atoms with E-state index in [1.807, 2.05) is 0 Å². The lowest BCUT2D eigenvalue weighted by atomic mass is 9.54. The van der Waals surface area contributed by atoms with Crippen LogP contribution in [0.2, 0.25) is 0 Å². The molecular weight excluding hydrogens is 224 g/mol. The van der Waals surface area contributed by atoms with E-state index in [4.69, 9.17) is 10.5 Å². The monoisotopic (exact) mass is 256 g/mol. The molecule has 0 bridgehead atoms. The number of hydrogen-bond donors (Lipinski definition) is 1. The largest absolute Gasteiger partial charge is 0.378 e. The fourth-order valence-electron chi connectivity index (χ4n) is 3.00. The average molecular weight is 256 g/mol. The van der Waals surface area contributed by atoms with E-state index in [9.17, 15) is 0 Å². The zero-order valence-electron chi connectivity index (χ0n) is 13.1. The van der Waals surface area contributed by atoms with Gasteiger partial charge in [-0.15, -0.1) is 0 Å². The molecule has 0 heterocycles. The van der Waals surface area contributed by atoms with Crippen molar-refractivity contribution in [3.05, 3.63) is 0 Å². The Hall–Kier alpha value is -0.120. The molecule has 1 aliphatic carbocycles. The molecule has 0 spiro atoms. The van der Waals surface area contributed by atoms with Crippen LogP contribution in [0.3, 0.4) is 0 Å². The van der Waals surface area contributed by atoms with Crippen molar-refractivity contribution in [1.82, 2.24) is 4.90 Å². The molecule has 2 unspecified atom stereocenters. The highest BCUT2D eigenvalue weighted by atomic mass is 16.5. The van der Waals surface area contributed by atoms with Gasteiger partial charge in [0.15, 0.2) is 0 Å². The highest BCUT2D eigenvalue weighted by Gasteiger charge is 2.58. The van der Waals surface area contributed by atoms with Gasteiger partial charge in [0.25, 0.3) is 0 Å². The number of nitrogens with zero attached hydrogens (tertiary/aromatic N) is 1. The lowest BCUT2D eigenvalue weighted by Gasteiger charge is -2.60. The van der Waals surface area contributed by atoms with Gasteiger partial charge in [-0.1, -0.05) is 34.6 Å². The topological polar surface area (TPSA) is 38.5 Å². The first-order valence-electron chi connectivity index (χ1n) is 7.39. The SMILES string of the molecule is CCOC1CC(N)(CN(CC)CC(C)C)C1(C)C. The van der Waals surface area contributed by atoms with Gasteiger partial charge >= 0.3 is 0 Å². The average Bonchev–Trinajstić information content (AvgIpc) is 2.27. The molecule has 1 rings (SSSR count). The number of nitrogens with two attached hydrogens (primary N) is 1. The predicted molar refractivity (Wildman–Crippen MR) is 77.7 cm³/mol. The molecule has 0 aromatic carbocycles. The molecule has 3 heteroatoms. The molecule has 0 amide bonds. The maximum atomic E-state index is 6.63. The van der Waals surface area contributed by atoms with Crippen molar-refractivity contribution < 1.29 is 4.74 Å². The Morgan fingerprint density at radius 2 is 1.94 bits per heavy atom. The first-order valence-corrected chi connectivity index (χ1v) is 7.39. The van der Waals surface area contributed by atoms with E-state index in [1.54, 1.807) is 0 Å². The fourth-order valence-corrected chi connectivity index (χ4v) is 3.00. The molecule has 0 aromatic rings. The normalized spacial score (nSPS) is 30.8. The second kappa shape index (κ2) is 5.89. The van der Waals surface area contributed by atoms with E-state index in [2.05, 4.69) is 46.4 Å². The van der Waals surface area contributed by atoms with E-state index in [0.717, 1.165) is 32.7 Å². The molecular formula is C15H32N2O. The molecule has 1 fully saturated rings. The van der Waals surface area contributed by atoms with Crippen molar-refractivity contribution in [2.45, 2.75) is 59.6 Å². The van der Waals surface area contributed by atoms with Crippen LogP contribution in [0.1, 0.15) is 48.0 Å².